The van der Waals surface area contributed by atoms with Crippen LogP contribution in [0, 0.1) is 13.8 Å². The molecule has 0 saturated heterocycles. The third-order valence-corrected chi connectivity index (χ3v) is 11.0. The molecule has 4 aromatic rings. The number of nitrogens with one attached hydrogen (secondary N) is 1. The monoisotopic (exact) mass is 735 g/mol. The lowest BCUT2D eigenvalue weighted by Crippen LogP contribution is -2.54. The van der Waals surface area contributed by atoms with Crippen molar-refractivity contribution in [2.75, 3.05) is 10.8 Å². The highest BCUT2D eigenvalue weighted by atomic mass is 79.9. The SMILES string of the molecule is Cc1ccc(S(=O)(=O)N(CC(=O)N(Cc2cccc(Br)c2)C(Cc2ccccc2)C(=O)NC2CCCC2)c2ccc(Cl)cc2C)cc1. The number of hydrogen-bond donors (Lipinski definition) is 1. The fourth-order valence-electron chi connectivity index (χ4n) is 6.00. The molecular formula is C37H39BrClN3O4S. The second kappa shape index (κ2) is 15.5. The van der Waals surface area contributed by atoms with Crippen molar-refractivity contribution in [3.63, 3.8) is 0 Å². The van der Waals surface area contributed by atoms with Crippen molar-refractivity contribution >= 4 is 55.1 Å². The van der Waals surface area contributed by atoms with Crippen LogP contribution < -0.4 is 9.62 Å². The molecule has 1 saturated carbocycles. The number of anilines is 1. The first-order valence-corrected chi connectivity index (χ1v) is 18.4. The van der Waals surface area contributed by atoms with Gasteiger partial charge in [0.2, 0.25) is 11.8 Å². The van der Waals surface area contributed by atoms with Gasteiger partial charge in [0.1, 0.15) is 12.6 Å². The second-order valence-corrected chi connectivity index (χ2v) is 15.3. The molecule has 5 rings (SSSR count). The fraction of sp³-hybridized carbons (Fsp3) is 0.297. The van der Waals surface area contributed by atoms with Gasteiger partial charge < -0.3 is 10.2 Å². The van der Waals surface area contributed by atoms with Crippen LogP contribution in [0.15, 0.2) is 106 Å². The zero-order valence-electron chi connectivity index (χ0n) is 26.5. The first kappa shape index (κ1) is 34.7. The van der Waals surface area contributed by atoms with Crippen LogP contribution in [0.4, 0.5) is 5.69 Å². The van der Waals surface area contributed by atoms with Crippen LogP contribution in [0.5, 0.6) is 0 Å². The maximum atomic E-state index is 14.7. The number of rotatable bonds is 12. The predicted molar refractivity (Wildman–Crippen MR) is 191 cm³/mol. The number of halogens is 2. The van der Waals surface area contributed by atoms with Gasteiger partial charge in [0.25, 0.3) is 10.0 Å². The highest BCUT2D eigenvalue weighted by molar-refractivity contribution is 9.10. The van der Waals surface area contributed by atoms with Gasteiger partial charge in [-0.2, -0.15) is 0 Å². The quantitative estimate of drug-likeness (QED) is 0.162. The van der Waals surface area contributed by atoms with Crippen LogP contribution in [0.25, 0.3) is 0 Å². The molecule has 1 fully saturated rings. The first-order chi connectivity index (χ1) is 22.5. The Labute approximate surface area is 291 Å². The van der Waals surface area contributed by atoms with Gasteiger partial charge in [0.15, 0.2) is 0 Å². The van der Waals surface area contributed by atoms with E-state index < -0.39 is 28.5 Å². The van der Waals surface area contributed by atoms with Crippen LogP contribution in [0.3, 0.4) is 0 Å². The molecule has 0 bridgehead atoms. The summed E-state index contributed by atoms with van der Waals surface area (Å²) < 4.78 is 30.6. The number of carbonyl (C=O) groups is 2. The molecule has 1 atom stereocenters. The molecule has 4 aromatic carbocycles. The number of aryl methyl sites for hydroxylation is 2. The van der Waals surface area contributed by atoms with Gasteiger partial charge in [-0.25, -0.2) is 8.42 Å². The lowest BCUT2D eigenvalue weighted by atomic mass is 10.0. The Morgan fingerprint density at radius 1 is 0.894 bits per heavy atom. The standard InChI is InChI=1S/C37H39BrClN3O4S/c1-26-15-18-33(19-16-26)47(45,46)42(34-20-17-31(39)21-27(34)2)25-36(43)41(24-29-11-8-12-30(38)22-29)35(23-28-9-4-3-5-10-28)37(44)40-32-13-6-7-14-32/h3-5,8-12,15-22,32,35H,6-7,13-14,23-25H2,1-2H3,(H,40,44). The highest BCUT2D eigenvalue weighted by Crippen LogP contribution is 2.30. The van der Waals surface area contributed by atoms with E-state index >= 15 is 0 Å². The number of carbonyl (C=O) groups excluding carboxylic acids is 2. The van der Waals surface area contributed by atoms with Gasteiger partial charge in [-0.05, 0) is 85.8 Å². The highest BCUT2D eigenvalue weighted by Gasteiger charge is 2.36. The van der Waals surface area contributed by atoms with Gasteiger partial charge in [0.05, 0.1) is 10.6 Å². The largest absolute Gasteiger partial charge is 0.352 e. The molecular weight excluding hydrogens is 698 g/mol. The van der Waals surface area contributed by atoms with Crippen LogP contribution in [-0.2, 0) is 32.6 Å². The van der Waals surface area contributed by atoms with Crippen LogP contribution in [-0.4, -0.2) is 43.8 Å². The van der Waals surface area contributed by atoms with Crippen molar-refractivity contribution in [2.24, 2.45) is 0 Å². The fourth-order valence-corrected chi connectivity index (χ4v) is 8.16. The van der Waals surface area contributed by atoms with Gasteiger partial charge in [-0.1, -0.05) is 101 Å². The summed E-state index contributed by atoms with van der Waals surface area (Å²) in [5.74, 6) is -0.753. The first-order valence-electron chi connectivity index (χ1n) is 15.7. The zero-order valence-corrected chi connectivity index (χ0v) is 29.7. The van der Waals surface area contributed by atoms with Crippen molar-refractivity contribution < 1.29 is 18.0 Å². The van der Waals surface area contributed by atoms with Crippen LogP contribution in [0.1, 0.15) is 47.9 Å². The summed E-state index contributed by atoms with van der Waals surface area (Å²) in [6.45, 7) is 3.22. The second-order valence-electron chi connectivity index (χ2n) is 12.1. The summed E-state index contributed by atoms with van der Waals surface area (Å²) in [7, 11) is -4.20. The maximum Gasteiger partial charge on any atom is 0.264 e. The Morgan fingerprint density at radius 2 is 1.57 bits per heavy atom. The molecule has 1 aliphatic carbocycles. The summed E-state index contributed by atoms with van der Waals surface area (Å²) in [6.07, 6.45) is 4.13. The smallest absolute Gasteiger partial charge is 0.264 e. The Kier molecular flexibility index (Phi) is 11.4. The van der Waals surface area contributed by atoms with Crippen LogP contribution >= 0.6 is 27.5 Å². The van der Waals surface area contributed by atoms with Gasteiger partial charge in [-0.3, -0.25) is 13.9 Å². The van der Waals surface area contributed by atoms with E-state index in [-0.39, 0.29) is 29.8 Å². The molecule has 0 aromatic heterocycles. The Balaban J connectivity index is 1.58. The third kappa shape index (κ3) is 8.83. The van der Waals surface area contributed by atoms with Crippen molar-refractivity contribution in [2.45, 2.75) is 69.5 Å². The molecule has 0 spiro atoms. The third-order valence-electron chi connectivity index (χ3n) is 8.53. The summed E-state index contributed by atoms with van der Waals surface area (Å²) in [5, 5.41) is 3.66. The van der Waals surface area contributed by atoms with E-state index in [1.54, 1.807) is 49.4 Å². The molecule has 47 heavy (non-hydrogen) atoms. The summed E-state index contributed by atoms with van der Waals surface area (Å²) in [6, 6.07) is 27.7. The van der Waals surface area contributed by atoms with E-state index in [1.807, 2.05) is 61.5 Å². The number of benzene rings is 4. The van der Waals surface area contributed by atoms with E-state index in [1.165, 1.54) is 4.90 Å². The molecule has 0 aliphatic heterocycles. The van der Waals surface area contributed by atoms with Crippen molar-refractivity contribution in [3.05, 3.63) is 129 Å². The number of hydrogen-bond acceptors (Lipinski definition) is 4. The molecule has 0 heterocycles. The molecule has 2 amide bonds. The Bertz CT molecular complexity index is 1810. The molecule has 0 radical (unpaired) electrons. The average Bonchev–Trinajstić information content (AvgIpc) is 3.55. The minimum absolute atomic E-state index is 0.0405. The van der Waals surface area contributed by atoms with E-state index in [0.29, 0.717) is 16.3 Å². The maximum absolute atomic E-state index is 14.7. The summed E-state index contributed by atoms with van der Waals surface area (Å²) in [5.41, 5.74) is 3.53. The average molecular weight is 737 g/mol. The molecule has 246 valence electrons. The molecule has 1 N–H and O–H groups in total. The van der Waals surface area contributed by atoms with E-state index in [0.717, 1.165) is 51.2 Å². The van der Waals surface area contributed by atoms with E-state index in [2.05, 4.69) is 21.2 Å². The Hall–Kier alpha value is -3.66. The van der Waals surface area contributed by atoms with Crippen molar-refractivity contribution in [3.8, 4) is 0 Å². The topological polar surface area (TPSA) is 86.8 Å². The number of nitrogens with zero attached hydrogens (tertiary/aromatic N) is 2. The summed E-state index contributed by atoms with van der Waals surface area (Å²) >= 11 is 9.79. The molecule has 10 heteroatoms. The number of amides is 2. The molecule has 1 unspecified atom stereocenters. The van der Waals surface area contributed by atoms with Gasteiger partial charge in [-0.15, -0.1) is 0 Å². The minimum Gasteiger partial charge on any atom is -0.352 e. The van der Waals surface area contributed by atoms with Gasteiger partial charge in [0, 0.05) is 28.5 Å². The predicted octanol–water partition coefficient (Wildman–Crippen LogP) is 7.61. The Morgan fingerprint density at radius 3 is 2.23 bits per heavy atom. The van der Waals surface area contributed by atoms with Gasteiger partial charge >= 0.3 is 0 Å². The number of sulfonamides is 1. The normalized spacial score (nSPS) is 14.0. The lowest BCUT2D eigenvalue weighted by molar-refractivity contribution is -0.140. The summed E-state index contributed by atoms with van der Waals surface area (Å²) in [4.78, 5) is 30.4. The molecule has 7 nitrogen and oxygen atoms in total. The van der Waals surface area contributed by atoms with E-state index in [9.17, 15) is 18.0 Å². The van der Waals surface area contributed by atoms with Crippen molar-refractivity contribution in [1.29, 1.82) is 0 Å². The van der Waals surface area contributed by atoms with E-state index in [4.69, 9.17) is 11.6 Å². The lowest BCUT2D eigenvalue weighted by Gasteiger charge is -2.34. The molecule has 1 aliphatic rings. The zero-order chi connectivity index (χ0) is 33.6. The minimum atomic E-state index is -4.20. The van der Waals surface area contributed by atoms with Crippen molar-refractivity contribution in [1.82, 2.24) is 10.2 Å². The van der Waals surface area contributed by atoms with Crippen LogP contribution in [0.2, 0.25) is 5.02 Å².